The molecule has 1 aromatic rings. The Morgan fingerprint density at radius 2 is 1.95 bits per heavy atom. The minimum Gasteiger partial charge on any atom is -0.356 e. The lowest BCUT2D eigenvalue weighted by Gasteiger charge is -2.16. The highest BCUT2D eigenvalue weighted by atomic mass is 35.5. The fraction of sp³-hybridized carbons (Fsp3) is 0.562. The van der Waals surface area contributed by atoms with Crippen molar-refractivity contribution in [3.05, 3.63) is 35.9 Å². The number of alkyl halides is 1. The van der Waals surface area contributed by atoms with Crippen LogP contribution in [0.4, 0.5) is 0 Å². The molecule has 0 saturated heterocycles. The van der Waals surface area contributed by atoms with Crippen molar-refractivity contribution in [2.45, 2.75) is 32.2 Å². The zero-order chi connectivity index (χ0) is 14.6. The van der Waals surface area contributed by atoms with Gasteiger partial charge in [0.25, 0.3) is 0 Å². The molecule has 0 unspecified atom stereocenters. The van der Waals surface area contributed by atoms with Crippen LogP contribution in [0.3, 0.4) is 0 Å². The molecule has 112 valence electrons. The van der Waals surface area contributed by atoms with Crippen molar-refractivity contribution in [2.24, 2.45) is 0 Å². The number of nitrogens with zero attached hydrogens (tertiary/aromatic N) is 1. The lowest BCUT2D eigenvalue weighted by Crippen LogP contribution is -2.27. The van der Waals surface area contributed by atoms with Gasteiger partial charge in [0.05, 0.1) is 0 Å². The zero-order valence-electron chi connectivity index (χ0n) is 12.3. The predicted molar refractivity (Wildman–Crippen MR) is 85.0 cm³/mol. The molecule has 0 aliphatic rings. The number of nitrogens with one attached hydrogen (secondary N) is 1. The van der Waals surface area contributed by atoms with Crippen LogP contribution in [0.1, 0.15) is 31.2 Å². The SMILES string of the molecule is CN(CCCNC(=O)CCCCCl)Cc1ccccc1. The second kappa shape index (κ2) is 10.7. The van der Waals surface area contributed by atoms with E-state index in [1.54, 1.807) is 0 Å². The van der Waals surface area contributed by atoms with Crippen LogP contribution < -0.4 is 5.32 Å². The Morgan fingerprint density at radius 1 is 1.20 bits per heavy atom. The van der Waals surface area contributed by atoms with Crippen molar-refractivity contribution in [3.63, 3.8) is 0 Å². The maximum absolute atomic E-state index is 11.5. The zero-order valence-corrected chi connectivity index (χ0v) is 13.0. The van der Waals surface area contributed by atoms with Gasteiger partial charge in [-0.1, -0.05) is 30.3 Å². The molecule has 1 amide bonds. The number of rotatable bonds is 10. The summed E-state index contributed by atoms with van der Waals surface area (Å²) >= 11 is 5.58. The van der Waals surface area contributed by atoms with Crippen molar-refractivity contribution in [3.8, 4) is 0 Å². The molecule has 1 rings (SSSR count). The Labute approximate surface area is 127 Å². The second-order valence-electron chi connectivity index (χ2n) is 5.07. The van der Waals surface area contributed by atoms with E-state index in [9.17, 15) is 4.79 Å². The van der Waals surface area contributed by atoms with Gasteiger partial charge in [-0.25, -0.2) is 0 Å². The van der Waals surface area contributed by atoms with Gasteiger partial charge >= 0.3 is 0 Å². The van der Waals surface area contributed by atoms with Crippen LogP contribution in [0.5, 0.6) is 0 Å². The molecule has 0 aliphatic heterocycles. The monoisotopic (exact) mass is 296 g/mol. The van der Waals surface area contributed by atoms with E-state index in [1.807, 2.05) is 6.07 Å². The highest BCUT2D eigenvalue weighted by Gasteiger charge is 2.02. The van der Waals surface area contributed by atoms with Gasteiger partial charge in [0.15, 0.2) is 0 Å². The van der Waals surface area contributed by atoms with Gasteiger partial charge < -0.3 is 10.2 Å². The van der Waals surface area contributed by atoms with Gasteiger partial charge in [-0.2, -0.15) is 0 Å². The fourth-order valence-corrected chi connectivity index (χ4v) is 2.21. The van der Waals surface area contributed by atoms with Crippen LogP contribution in [0, 0.1) is 0 Å². The number of halogens is 1. The molecule has 3 nitrogen and oxygen atoms in total. The molecule has 1 N–H and O–H groups in total. The number of carbonyl (C=O) groups excluding carboxylic acids is 1. The molecular weight excluding hydrogens is 272 g/mol. The summed E-state index contributed by atoms with van der Waals surface area (Å²) in [5.74, 6) is 0.776. The summed E-state index contributed by atoms with van der Waals surface area (Å²) in [5, 5.41) is 2.95. The van der Waals surface area contributed by atoms with E-state index in [2.05, 4.69) is 41.5 Å². The van der Waals surface area contributed by atoms with Gasteiger partial charge in [0, 0.05) is 25.4 Å². The summed E-state index contributed by atoms with van der Waals surface area (Å²) in [6.45, 7) is 2.68. The molecule has 0 bridgehead atoms. The summed E-state index contributed by atoms with van der Waals surface area (Å²) in [5.41, 5.74) is 1.32. The first kappa shape index (κ1) is 17.0. The Morgan fingerprint density at radius 3 is 2.65 bits per heavy atom. The lowest BCUT2D eigenvalue weighted by molar-refractivity contribution is -0.121. The molecule has 0 aromatic heterocycles. The number of amides is 1. The van der Waals surface area contributed by atoms with Crippen molar-refractivity contribution < 1.29 is 4.79 Å². The number of carbonyl (C=O) groups is 1. The molecule has 0 fully saturated rings. The average molecular weight is 297 g/mol. The second-order valence-corrected chi connectivity index (χ2v) is 5.45. The summed E-state index contributed by atoms with van der Waals surface area (Å²) < 4.78 is 0. The first-order valence-corrected chi connectivity index (χ1v) is 7.81. The van der Waals surface area contributed by atoms with Gasteiger partial charge in [-0.15, -0.1) is 11.6 Å². The smallest absolute Gasteiger partial charge is 0.219 e. The van der Waals surface area contributed by atoms with Gasteiger partial charge in [0.1, 0.15) is 0 Å². The van der Waals surface area contributed by atoms with E-state index in [4.69, 9.17) is 11.6 Å². The van der Waals surface area contributed by atoms with Crippen molar-refractivity contribution >= 4 is 17.5 Å². The minimum atomic E-state index is 0.140. The molecule has 0 heterocycles. The molecule has 0 radical (unpaired) electrons. The highest BCUT2D eigenvalue weighted by molar-refractivity contribution is 6.17. The number of benzene rings is 1. The summed E-state index contributed by atoms with van der Waals surface area (Å²) in [6, 6.07) is 10.4. The fourth-order valence-electron chi connectivity index (χ4n) is 2.02. The van der Waals surface area contributed by atoms with E-state index in [0.29, 0.717) is 12.3 Å². The van der Waals surface area contributed by atoms with Gasteiger partial charge in [0.2, 0.25) is 5.91 Å². The Kier molecular flexibility index (Phi) is 9.09. The third-order valence-electron chi connectivity index (χ3n) is 3.12. The normalized spacial score (nSPS) is 10.8. The number of hydrogen-bond acceptors (Lipinski definition) is 2. The van der Waals surface area contributed by atoms with Crippen LogP contribution in [-0.4, -0.2) is 36.8 Å². The third kappa shape index (κ3) is 8.18. The van der Waals surface area contributed by atoms with Crippen LogP contribution >= 0.6 is 11.6 Å². The summed E-state index contributed by atoms with van der Waals surface area (Å²) in [4.78, 5) is 13.8. The van der Waals surface area contributed by atoms with Crippen molar-refractivity contribution in [2.75, 3.05) is 26.0 Å². The first-order chi connectivity index (χ1) is 9.72. The van der Waals surface area contributed by atoms with E-state index >= 15 is 0 Å². The van der Waals surface area contributed by atoms with Crippen LogP contribution in [0.25, 0.3) is 0 Å². The largest absolute Gasteiger partial charge is 0.356 e. The standard InChI is InChI=1S/C16H25ClN2O/c1-19(14-15-8-3-2-4-9-15)13-7-12-18-16(20)10-5-6-11-17/h2-4,8-9H,5-7,10-14H2,1H3,(H,18,20). The van der Waals surface area contributed by atoms with Gasteiger partial charge in [-0.05, 0) is 38.4 Å². The van der Waals surface area contributed by atoms with E-state index in [0.717, 1.165) is 38.9 Å². The Hall–Kier alpha value is -1.06. The molecule has 20 heavy (non-hydrogen) atoms. The van der Waals surface area contributed by atoms with E-state index in [-0.39, 0.29) is 5.91 Å². The molecule has 0 spiro atoms. The maximum Gasteiger partial charge on any atom is 0.219 e. The number of unbranched alkanes of at least 4 members (excludes halogenated alkanes) is 1. The van der Waals surface area contributed by atoms with Crippen LogP contribution in [-0.2, 0) is 11.3 Å². The third-order valence-corrected chi connectivity index (χ3v) is 3.39. The number of hydrogen-bond donors (Lipinski definition) is 1. The quantitative estimate of drug-likeness (QED) is 0.532. The molecule has 0 aliphatic carbocycles. The molecule has 0 atom stereocenters. The van der Waals surface area contributed by atoms with E-state index in [1.165, 1.54) is 5.56 Å². The van der Waals surface area contributed by atoms with Crippen molar-refractivity contribution in [1.82, 2.24) is 10.2 Å². The molecule has 0 saturated carbocycles. The van der Waals surface area contributed by atoms with E-state index < -0.39 is 0 Å². The van der Waals surface area contributed by atoms with Gasteiger partial charge in [-0.3, -0.25) is 4.79 Å². The Bertz CT molecular complexity index is 370. The summed E-state index contributed by atoms with van der Waals surface area (Å²) in [6.07, 6.45) is 3.36. The topological polar surface area (TPSA) is 32.3 Å². The van der Waals surface area contributed by atoms with Crippen LogP contribution in [0.15, 0.2) is 30.3 Å². The predicted octanol–water partition coefficient (Wildman–Crippen LogP) is 3.03. The summed E-state index contributed by atoms with van der Waals surface area (Å²) in [7, 11) is 2.11. The maximum atomic E-state index is 11.5. The first-order valence-electron chi connectivity index (χ1n) is 7.27. The Balaban J connectivity index is 2.04. The van der Waals surface area contributed by atoms with Crippen LogP contribution in [0.2, 0.25) is 0 Å². The minimum absolute atomic E-state index is 0.140. The molecule has 4 heteroatoms. The van der Waals surface area contributed by atoms with Crippen molar-refractivity contribution in [1.29, 1.82) is 0 Å². The molecule has 1 aromatic carbocycles. The molecular formula is C16H25ClN2O. The lowest BCUT2D eigenvalue weighted by atomic mass is 10.2. The highest BCUT2D eigenvalue weighted by Crippen LogP contribution is 2.02. The average Bonchev–Trinajstić information content (AvgIpc) is 2.45.